The van der Waals surface area contributed by atoms with Crippen molar-refractivity contribution < 1.29 is 23.5 Å². The van der Waals surface area contributed by atoms with Crippen molar-refractivity contribution in [2.45, 2.75) is 68.6 Å². The van der Waals surface area contributed by atoms with E-state index in [4.69, 9.17) is 4.74 Å². The van der Waals surface area contributed by atoms with Crippen molar-refractivity contribution in [1.29, 1.82) is 0 Å². The first-order chi connectivity index (χ1) is 23.7. The Balaban J connectivity index is 0.847. The lowest BCUT2D eigenvalue weighted by Gasteiger charge is -2.16. The average molecular weight is 818 g/mol. The minimum absolute atomic E-state index is 0.00206. The number of ether oxygens (including phenoxy) is 1. The predicted octanol–water partition coefficient (Wildman–Crippen LogP) is 7.34. The van der Waals surface area contributed by atoms with Gasteiger partial charge in [0.2, 0.25) is 5.91 Å². The minimum Gasteiger partial charge on any atom is -0.486 e. The molecular weight excluding hydrogens is 777 g/mol. The van der Waals surface area contributed by atoms with Crippen molar-refractivity contribution >= 4 is 88.8 Å². The number of aromatic nitrogens is 1. The molecule has 0 bridgehead atoms. The van der Waals surface area contributed by atoms with Crippen molar-refractivity contribution in [3.63, 3.8) is 0 Å². The number of thioether (sulfide) groups is 1. The van der Waals surface area contributed by atoms with Gasteiger partial charge in [-0.2, -0.15) is 11.8 Å². The van der Waals surface area contributed by atoms with Gasteiger partial charge in [-0.1, -0.05) is 38.3 Å². The molecule has 13 heteroatoms. The molecule has 0 aliphatic carbocycles. The van der Waals surface area contributed by atoms with E-state index in [0.29, 0.717) is 36.8 Å². The number of carbonyl (C=O) groups is 3. The van der Waals surface area contributed by atoms with E-state index in [-0.39, 0.29) is 49.5 Å². The fourth-order valence-electron chi connectivity index (χ4n) is 6.52. The van der Waals surface area contributed by atoms with Gasteiger partial charge in [0.25, 0.3) is 0 Å². The minimum atomic E-state index is -1.13. The van der Waals surface area contributed by atoms with Crippen molar-refractivity contribution in [3.05, 3.63) is 69.6 Å². The molecule has 2 aliphatic heterocycles. The molecule has 3 heterocycles. The third-order valence-corrected chi connectivity index (χ3v) is 11.5. The summed E-state index contributed by atoms with van der Waals surface area (Å²) in [4.78, 5) is 36.0. The van der Waals surface area contributed by atoms with E-state index < -0.39 is 6.17 Å². The number of hydrogen-bond acceptors (Lipinski definition) is 6. The van der Waals surface area contributed by atoms with E-state index in [2.05, 4.69) is 65.3 Å². The molecule has 4 aromatic rings. The van der Waals surface area contributed by atoms with E-state index in [0.717, 1.165) is 61.5 Å². The summed E-state index contributed by atoms with van der Waals surface area (Å²) in [6.45, 7) is 0.760. The molecule has 0 spiro atoms. The SMILES string of the molecule is O=C(CCCNC(=O)CCCC[C@H]1SC[C@H]2NC(=O)N[C@H]21)COc1ccc(NCC(F)Cn2c3ccc(Br)cc3c3cc(Br)ccc32)cc1. The summed E-state index contributed by atoms with van der Waals surface area (Å²) in [7, 11) is 0. The number of carbonyl (C=O) groups excluding carboxylic acids is 3. The topological polar surface area (TPSA) is 113 Å². The molecule has 1 aromatic heterocycles. The molecule has 4 N–H and O–H groups in total. The third kappa shape index (κ3) is 9.29. The van der Waals surface area contributed by atoms with Gasteiger partial charge in [0.05, 0.1) is 18.6 Å². The summed E-state index contributed by atoms with van der Waals surface area (Å²) in [6.07, 6.45) is 2.93. The number of benzene rings is 3. The Morgan fingerprint density at radius 2 is 1.67 bits per heavy atom. The van der Waals surface area contributed by atoms with Gasteiger partial charge in [0, 0.05) is 73.4 Å². The van der Waals surface area contributed by atoms with Gasteiger partial charge in [-0.25, -0.2) is 9.18 Å². The molecule has 2 saturated heterocycles. The number of Topliss-reactive ketones (excluding diaryl/α,β-unsaturated/α-hetero) is 1. The monoisotopic (exact) mass is 815 g/mol. The van der Waals surface area contributed by atoms with Crippen LogP contribution in [0.25, 0.3) is 21.8 Å². The molecule has 2 fully saturated rings. The number of halogens is 3. The number of hydrogen-bond donors (Lipinski definition) is 4. The van der Waals surface area contributed by atoms with Crippen LogP contribution in [0.2, 0.25) is 0 Å². The molecule has 0 saturated carbocycles. The molecule has 3 aromatic carbocycles. The number of ketones is 1. The van der Waals surface area contributed by atoms with Crippen LogP contribution in [0.1, 0.15) is 38.5 Å². The zero-order valence-corrected chi connectivity index (χ0v) is 31.0. The molecule has 49 heavy (non-hydrogen) atoms. The number of anilines is 1. The Morgan fingerprint density at radius 3 is 2.39 bits per heavy atom. The molecule has 9 nitrogen and oxygen atoms in total. The fourth-order valence-corrected chi connectivity index (χ4v) is 8.78. The van der Waals surface area contributed by atoms with Crippen LogP contribution >= 0.6 is 43.6 Å². The van der Waals surface area contributed by atoms with Gasteiger partial charge in [0.15, 0.2) is 5.78 Å². The lowest BCUT2D eigenvalue weighted by molar-refractivity contribution is -0.122. The molecular formula is C36H40Br2FN5O4S. The lowest BCUT2D eigenvalue weighted by atomic mass is 10.0. The number of alkyl halides is 1. The first-order valence-corrected chi connectivity index (χ1v) is 19.3. The van der Waals surface area contributed by atoms with Crippen molar-refractivity contribution in [2.75, 3.05) is 30.8 Å². The highest BCUT2D eigenvalue weighted by Gasteiger charge is 2.42. The number of nitrogens with zero attached hydrogens (tertiary/aromatic N) is 1. The second-order valence-electron chi connectivity index (χ2n) is 12.6. The number of nitrogens with one attached hydrogen (secondary N) is 4. The predicted molar refractivity (Wildman–Crippen MR) is 201 cm³/mol. The number of rotatable bonds is 17. The zero-order chi connectivity index (χ0) is 34.3. The molecule has 2 aliphatic rings. The Bertz CT molecular complexity index is 1750. The van der Waals surface area contributed by atoms with E-state index in [1.807, 2.05) is 52.7 Å². The van der Waals surface area contributed by atoms with Gasteiger partial charge >= 0.3 is 6.03 Å². The number of fused-ring (bicyclic) bond motifs is 4. The van der Waals surface area contributed by atoms with Crippen LogP contribution in [0, 0.1) is 0 Å². The summed E-state index contributed by atoms with van der Waals surface area (Å²) in [5.41, 5.74) is 2.73. The molecule has 0 radical (unpaired) electrons. The van der Waals surface area contributed by atoms with Crippen LogP contribution in [0.4, 0.5) is 14.9 Å². The summed E-state index contributed by atoms with van der Waals surface area (Å²) < 4.78 is 24.9. The Morgan fingerprint density at radius 1 is 0.959 bits per heavy atom. The summed E-state index contributed by atoms with van der Waals surface area (Å²) >= 11 is 8.99. The molecule has 6 rings (SSSR count). The van der Waals surface area contributed by atoms with Gasteiger partial charge in [-0.05, 0) is 79.9 Å². The summed E-state index contributed by atoms with van der Waals surface area (Å²) in [5, 5.41) is 14.6. The maximum absolute atomic E-state index is 15.3. The van der Waals surface area contributed by atoms with E-state index in [1.165, 1.54) is 0 Å². The molecule has 260 valence electrons. The highest BCUT2D eigenvalue weighted by Crippen LogP contribution is 2.34. The quantitative estimate of drug-likeness (QED) is 0.0656. The Labute approximate surface area is 306 Å². The second kappa shape index (κ2) is 16.6. The lowest BCUT2D eigenvalue weighted by Crippen LogP contribution is -2.36. The largest absolute Gasteiger partial charge is 0.486 e. The van der Waals surface area contributed by atoms with E-state index in [9.17, 15) is 14.4 Å². The highest BCUT2D eigenvalue weighted by molar-refractivity contribution is 9.10. The molecule has 3 amide bonds. The summed E-state index contributed by atoms with van der Waals surface area (Å²) in [6, 6.07) is 19.6. The summed E-state index contributed by atoms with van der Waals surface area (Å²) in [5.74, 6) is 1.46. The van der Waals surface area contributed by atoms with Crippen LogP contribution in [0.3, 0.4) is 0 Å². The van der Waals surface area contributed by atoms with Crippen molar-refractivity contribution in [3.8, 4) is 5.75 Å². The van der Waals surface area contributed by atoms with Crippen molar-refractivity contribution in [2.24, 2.45) is 0 Å². The smallest absolute Gasteiger partial charge is 0.315 e. The van der Waals surface area contributed by atoms with Gasteiger partial charge < -0.3 is 30.6 Å². The standard InChI is InChI=1S/C36H40Br2FN5O4S/c37-22-7-13-31-28(16-22)29-17-23(38)8-14-32(29)44(31)19-24(39)18-41-25-9-11-27(12-10-25)48-20-26(45)4-3-15-40-34(46)6-2-1-5-33-35-30(21-49-33)42-36(47)43-35/h7-14,16-17,24,30,33,35,41H,1-6,15,18-21H2,(H,40,46)(H2,42,43,47)/t24?,30-,33-,35-/m1/s1. The van der Waals surface area contributed by atoms with Gasteiger partial charge in [0.1, 0.15) is 18.5 Å². The Kier molecular flexibility index (Phi) is 12.0. The van der Waals surface area contributed by atoms with E-state index >= 15 is 4.39 Å². The first-order valence-electron chi connectivity index (χ1n) is 16.7. The van der Waals surface area contributed by atoms with Gasteiger partial charge in [-0.15, -0.1) is 0 Å². The van der Waals surface area contributed by atoms with Crippen LogP contribution in [-0.2, 0) is 16.1 Å². The van der Waals surface area contributed by atoms with Crippen molar-refractivity contribution in [1.82, 2.24) is 20.5 Å². The first kappa shape index (κ1) is 35.5. The Hall–Kier alpha value is -3.29. The number of urea groups is 1. The number of unbranched alkanes of at least 4 members (excludes halogenated alkanes) is 1. The highest BCUT2D eigenvalue weighted by atomic mass is 79.9. The van der Waals surface area contributed by atoms with Crippen LogP contribution in [0.5, 0.6) is 5.75 Å². The van der Waals surface area contributed by atoms with Crippen LogP contribution < -0.4 is 26.0 Å². The average Bonchev–Trinajstić information content (AvgIpc) is 3.74. The van der Waals surface area contributed by atoms with Crippen LogP contribution in [0.15, 0.2) is 69.6 Å². The second-order valence-corrected chi connectivity index (χ2v) is 15.7. The van der Waals surface area contributed by atoms with Crippen LogP contribution in [-0.4, -0.2) is 71.2 Å². The maximum Gasteiger partial charge on any atom is 0.315 e. The van der Waals surface area contributed by atoms with Gasteiger partial charge in [-0.3, -0.25) is 9.59 Å². The third-order valence-electron chi connectivity index (χ3n) is 8.99. The normalized spacial score (nSPS) is 19.0. The fraction of sp³-hybridized carbons (Fsp3) is 0.417. The molecule has 1 unspecified atom stereocenters. The maximum atomic E-state index is 15.3. The zero-order valence-electron chi connectivity index (χ0n) is 27.0. The van der Waals surface area contributed by atoms with E-state index in [1.54, 1.807) is 12.1 Å². The number of amides is 3. The molecule has 4 atom stereocenters.